The zero-order chi connectivity index (χ0) is 12.8. The normalized spacial score (nSPS) is 11.4. The Labute approximate surface area is 110 Å². The van der Waals surface area contributed by atoms with Gasteiger partial charge >= 0.3 is 0 Å². The van der Waals surface area contributed by atoms with Gasteiger partial charge in [0.2, 0.25) is 0 Å². The van der Waals surface area contributed by atoms with Gasteiger partial charge in [-0.1, -0.05) is 24.3 Å². The van der Waals surface area contributed by atoms with Crippen molar-refractivity contribution in [2.75, 3.05) is 0 Å². The van der Waals surface area contributed by atoms with Crippen molar-refractivity contribution in [3.8, 4) is 12.1 Å². The first-order valence-electron chi connectivity index (χ1n) is 5.49. The second kappa shape index (κ2) is 5.97. The molecule has 2 aromatic rings. The molecule has 0 saturated heterocycles. The first-order valence-corrected chi connectivity index (χ1v) is 6.37. The fraction of sp³-hybridized carbons (Fsp3) is 0.143. The van der Waals surface area contributed by atoms with Crippen LogP contribution in [0.3, 0.4) is 0 Å². The van der Waals surface area contributed by atoms with E-state index < -0.39 is 6.04 Å². The summed E-state index contributed by atoms with van der Waals surface area (Å²) in [6.45, 7) is 0.635. The average Bonchev–Trinajstić information content (AvgIpc) is 2.93. The van der Waals surface area contributed by atoms with Crippen molar-refractivity contribution in [1.82, 2.24) is 5.32 Å². The van der Waals surface area contributed by atoms with Crippen LogP contribution in [-0.2, 0) is 6.54 Å². The smallest absolute Gasteiger partial charge is 0.122 e. The summed E-state index contributed by atoms with van der Waals surface area (Å²) in [5.41, 5.74) is 1.28. The lowest BCUT2D eigenvalue weighted by Gasteiger charge is -2.12. The van der Waals surface area contributed by atoms with E-state index in [0.29, 0.717) is 12.1 Å². The standard InChI is InChI=1S/C14H11N3S/c15-8-11-4-1-2-6-13(11)14(9-16)17-10-12-5-3-7-18-12/h1-7,14,17H,10H2. The number of nitrogens with zero attached hydrogens (tertiary/aromatic N) is 2. The van der Waals surface area contributed by atoms with Crippen LogP contribution in [0.15, 0.2) is 41.8 Å². The van der Waals surface area contributed by atoms with Crippen molar-refractivity contribution in [3.05, 3.63) is 57.8 Å². The van der Waals surface area contributed by atoms with Crippen LogP contribution >= 0.6 is 11.3 Å². The highest BCUT2D eigenvalue weighted by Crippen LogP contribution is 2.18. The molecule has 0 fully saturated rings. The van der Waals surface area contributed by atoms with E-state index in [1.807, 2.05) is 29.6 Å². The predicted molar refractivity (Wildman–Crippen MR) is 70.7 cm³/mol. The molecule has 0 aliphatic rings. The SMILES string of the molecule is N#Cc1ccccc1C(C#N)NCc1cccs1. The first kappa shape index (κ1) is 12.3. The monoisotopic (exact) mass is 253 g/mol. The third kappa shape index (κ3) is 2.75. The maximum atomic E-state index is 9.21. The molecule has 0 radical (unpaired) electrons. The summed E-state index contributed by atoms with van der Waals surface area (Å²) in [5, 5.41) is 23.4. The Bertz CT molecular complexity index is 590. The van der Waals surface area contributed by atoms with Gasteiger partial charge in [-0.3, -0.25) is 5.32 Å². The Hall–Kier alpha value is -2.14. The van der Waals surface area contributed by atoms with Gasteiger partial charge in [0.1, 0.15) is 6.04 Å². The van der Waals surface area contributed by atoms with Crippen LogP contribution in [0.25, 0.3) is 0 Å². The summed E-state index contributed by atoms with van der Waals surface area (Å²) in [5.74, 6) is 0. The number of benzene rings is 1. The Morgan fingerprint density at radius 2 is 2.00 bits per heavy atom. The van der Waals surface area contributed by atoms with E-state index in [1.165, 1.54) is 4.88 Å². The Balaban J connectivity index is 2.14. The molecule has 0 spiro atoms. The molecule has 2 rings (SSSR count). The third-order valence-corrected chi connectivity index (χ3v) is 3.46. The van der Waals surface area contributed by atoms with Crippen LogP contribution < -0.4 is 5.32 Å². The summed E-state index contributed by atoms with van der Waals surface area (Å²) < 4.78 is 0. The fourth-order valence-corrected chi connectivity index (χ4v) is 2.35. The van der Waals surface area contributed by atoms with Crippen LogP contribution in [0.1, 0.15) is 22.0 Å². The average molecular weight is 253 g/mol. The van der Waals surface area contributed by atoms with E-state index in [2.05, 4.69) is 17.5 Å². The Morgan fingerprint density at radius 3 is 2.67 bits per heavy atom. The van der Waals surface area contributed by atoms with Crippen molar-refractivity contribution in [2.24, 2.45) is 0 Å². The van der Waals surface area contributed by atoms with Crippen LogP contribution in [0.5, 0.6) is 0 Å². The molecule has 1 N–H and O–H groups in total. The largest absolute Gasteiger partial charge is 0.293 e. The maximum Gasteiger partial charge on any atom is 0.122 e. The lowest BCUT2D eigenvalue weighted by molar-refractivity contribution is 0.635. The van der Waals surface area contributed by atoms with Crippen LogP contribution in [0.2, 0.25) is 0 Å². The third-order valence-electron chi connectivity index (χ3n) is 2.58. The van der Waals surface area contributed by atoms with Gasteiger partial charge in [-0.25, -0.2) is 0 Å². The molecular weight excluding hydrogens is 242 g/mol. The van der Waals surface area contributed by atoms with E-state index >= 15 is 0 Å². The molecule has 0 aliphatic carbocycles. The zero-order valence-electron chi connectivity index (χ0n) is 9.63. The molecule has 0 saturated carbocycles. The summed E-state index contributed by atoms with van der Waals surface area (Å²) in [6.07, 6.45) is 0. The van der Waals surface area contributed by atoms with E-state index in [0.717, 1.165) is 5.56 Å². The van der Waals surface area contributed by atoms with Gasteiger partial charge in [-0.15, -0.1) is 11.3 Å². The zero-order valence-corrected chi connectivity index (χ0v) is 10.4. The van der Waals surface area contributed by atoms with Crippen molar-refractivity contribution >= 4 is 11.3 Å². The molecule has 1 heterocycles. The van der Waals surface area contributed by atoms with Gasteiger partial charge in [-0.05, 0) is 17.5 Å². The molecule has 88 valence electrons. The summed E-state index contributed by atoms with van der Waals surface area (Å²) >= 11 is 1.64. The number of thiophene rings is 1. The van der Waals surface area contributed by atoms with E-state index in [1.54, 1.807) is 23.5 Å². The van der Waals surface area contributed by atoms with Crippen LogP contribution in [-0.4, -0.2) is 0 Å². The highest BCUT2D eigenvalue weighted by atomic mass is 32.1. The summed E-state index contributed by atoms with van der Waals surface area (Å²) in [6, 6.07) is 15.0. The highest BCUT2D eigenvalue weighted by molar-refractivity contribution is 7.09. The minimum Gasteiger partial charge on any atom is -0.293 e. The van der Waals surface area contributed by atoms with Crippen molar-refractivity contribution in [1.29, 1.82) is 10.5 Å². The molecule has 1 aromatic carbocycles. The Kier molecular flexibility index (Phi) is 4.09. The lowest BCUT2D eigenvalue weighted by atomic mass is 10.0. The van der Waals surface area contributed by atoms with Gasteiger partial charge in [0, 0.05) is 17.0 Å². The van der Waals surface area contributed by atoms with Gasteiger partial charge in [0.05, 0.1) is 17.7 Å². The second-order valence-corrected chi connectivity index (χ2v) is 4.75. The van der Waals surface area contributed by atoms with Gasteiger partial charge in [0.25, 0.3) is 0 Å². The molecule has 4 heteroatoms. The molecule has 3 nitrogen and oxygen atoms in total. The molecule has 1 unspecified atom stereocenters. The molecule has 0 aliphatic heterocycles. The van der Waals surface area contributed by atoms with E-state index in [-0.39, 0.29) is 0 Å². The predicted octanol–water partition coefficient (Wildman–Crippen LogP) is 2.97. The number of nitriles is 2. The fourth-order valence-electron chi connectivity index (χ4n) is 1.69. The molecule has 1 atom stereocenters. The van der Waals surface area contributed by atoms with Crippen molar-refractivity contribution in [2.45, 2.75) is 12.6 Å². The topological polar surface area (TPSA) is 59.6 Å². The summed E-state index contributed by atoms with van der Waals surface area (Å²) in [4.78, 5) is 1.17. The summed E-state index contributed by atoms with van der Waals surface area (Å²) in [7, 11) is 0. The van der Waals surface area contributed by atoms with Crippen molar-refractivity contribution < 1.29 is 0 Å². The highest BCUT2D eigenvalue weighted by Gasteiger charge is 2.13. The molecule has 0 bridgehead atoms. The Morgan fingerprint density at radius 1 is 1.17 bits per heavy atom. The van der Waals surface area contributed by atoms with Crippen molar-refractivity contribution in [3.63, 3.8) is 0 Å². The van der Waals surface area contributed by atoms with Gasteiger partial charge in [-0.2, -0.15) is 10.5 Å². The minimum atomic E-state index is -0.456. The van der Waals surface area contributed by atoms with E-state index in [9.17, 15) is 5.26 Å². The maximum absolute atomic E-state index is 9.21. The number of rotatable bonds is 4. The van der Waals surface area contributed by atoms with Gasteiger partial charge in [0.15, 0.2) is 0 Å². The molecule has 18 heavy (non-hydrogen) atoms. The number of hydrogen-bond acceptors (Lipinski definition) is 4. The quantitative estimate of drug-likeness (QED) is 0.911. The number of hydrogen-bond donors (Lipinski definition) is 1. The first-order chi connectivity index (χ1) is 8.85. The lowest BCUT2D eigenvalue weighted by Crippen LogP contribution is -2.19. The van der Waals surface area contributed by atoms with Crippen LogP contribution in [0, 0.1) is 22.7 Å². The van der Waals surface area contributed by atoms with Gasteiger partial charge < -0.3 is 0 Å². The van der Waals surface area contributed by atoms with Crippen LogP contribution in [0.4, 0.5) is 0 Å². The molecule has 1 aromatic heterocycles. The van der Waals surface area contributed by atoms with E-state index in [4.69, 9.17) is 5.26 Å². The minimum absolute atomic E-state index is 0.456. The second-order valence-electron chi connectivity index (χ2n) is 3.72. The molecular formula is C14H11N3S. The number of nitrogens with one attached hydrogen (secondary N) is 1. The molecule has 0 amide bonds.